The Morgan fingerprint density at radius 3 is 2.47 bits per heavy atom. The van der Waals surface area contributed by atoms with Crippen LogP contribution in [0.4, 0.5) is 4.79 Å². The van der Waals surface area contributed by atoms with Crippen LogP contribution in [0.25, 0.3) is 0 Å². The van der Waals surface area contributed by atoms with Gasteiger partial charge in [0.15, 0.2) is 0 Å². The Balaban J connectivity index is 1.28. The maximum atomic E-state index is 13.1. The average molecular weight is 461 g/mol. The van der Waals surface area contributed by atoms with Crippen molar-refractivity contribution in [2.75, 3.05) is 26.2 Å². The van der Waals surface area contributed by atoms with Crippen LogP contribution in [0.1, 0.15) is 44.8 Å². The quantitative estimate of drug-likeness (QED) is 0.687. The third-order valence-corrected chi connectivity index (χ3v) is 6.70. The first-order valence-electron chi connectivity index (χ1n) is 11.2. The smallest absolute Gasteiger partial charge is 0.410 e. The van der Waals surface area contributed by atoms with Crippen LogP contribution in [0.3, 0.4) is 0 Å². The summed E-state index contributed by atoms with van der Waals surface area (Å²) in [6.45, 7) is 2.10. The van der Waals surface area contributed by atoms with E-state index in [1.54, 1.807) is 34.1 Å². The molecule has 0 atom stereocenters. The summed E-state index contributed by atoms with van der Waals surface area (Å²) in [5, 5.41) is 11.6. The zero-order valence-corrected chi connectivity index (χ0v) is 18.5. The number of nitriles is 1. The van der Waals surface area contributed by atoms with Crippen LogP contribution in [0.5, 0.6) is 0 Å². The molecule has 0 unspecified atom stereocenters. The highest BCUT2D eigenvalue weighted by Crippen LogP contribution is 2.44. The molecule has 2 fully saturated rings. The first-order valence-corrected chi connectivity index (χ1v) is 11.2. The Kier molecular flexibility index (Phi) is 5.32. The predicted molar refractivity (Wildman–Crippen MR) is 119 cm³/mol. The molecule has 0 spiro atoms. The van der Waals surface area contributed by atoms with Crippen LogP contribution in [-0.2, 0) is 17.8 Å². The minimum Gasteiger partial charge on any atom is -0.448 e. The van der Waals surface area contributed by atoms with Gasteiger partial charge in [0, 0.05) is 26.2 Å². The van der Waals surface area contributed by atoms with Crippen molar-refractivity contribution in [3.63, 3.8) is 0 Å². The lowest BCUT2D eigenvalue weighted by Crippen LogP contribution is -2.52. The molecule has 1 aromatic heterocycles. The molecule has 1 aromatic carbocycles. The van der Waals surface area contributed by atoms with Crippen molar-refractivity contribution in [3.05, 3.63) is 69.1 Å². The summed E-state index contributed by atoms with van der Waals surface area (Å²) in [5.41, 5.74) is 0.641. The maximum absolute atomic E-state index is 13.1. The van der Waals surface area contributed by atoms with Gasteiger partial charge in [-0.25, -0.2) is 4.79 Å². The largest absolute Gasteiger partial charge is 0.448 e. The summed E-state index contributed by atoms with van der Waals surface area (Å²) < 4.78 is 6.41. The number of fused-ring (bicyclic) bond motifs is 1. The van der Waals surface area contributed by atoms with Crippen molar-refractivity contribution in [2.24, 2.45) is 0 Å². The maximum Gasteiger partial charge on any atom is 0.410 e. The van der Waals surface area contributed by atoms with E-state index in [2.05, 4.69) is 5.32 Å². The van der Waals surface area contributed by atoms with Crippen molar-refractivity contribution in [3.8, 4) is 6.07 Å². The SMILES string of the molecule is N#Cc1ccc(CNC(=O)c2ccc3n(c2=O)CCN(CC2(N4CCOC4=O)CC2)C3=O)cc1. The van der Waals surface area contributed by atoms with E-state index in [-0.39, 0.29) is 41.9 Å². The van der Waals surface area contributed by atoms with E-state index in [1.807, 2.05) is 6.07 Å². The highest BCUT2D eigenvalue weighted by atomic mass is 16.6. The lowest BCUT2D eigenvalue weighted by atomic mass is 10.1. The molecule has 3 heterocycles. The van der Waals surface area contributed by atoms with Crippen LogP contribution in [0.15, 0.2) is 41.2 Å². The zero-order chi connectivity index (χ0) is 23.9. The molecule has 34 heavy (non-hydrogen) atoms. The Bertz CT molecular complexity index is 1270. The number of ether oxygens (including phenoxy) is 1. The molecule has 10 heteroatoms. The molecule has 2 aromatic rings. The van der Waals surface area contributed by atoms with Gasteiger partial charge in [-0.15, -0.1) is 0 Å². The fourth-order valence-corrected chi connectivity index (χ4v) is 4.61. The van der Waals surface area contributed by atoms with Gasteiger partial charge in [0.1, 0.15) is 17.9 Å². The molecular weight excluding hydrogens is 438 g/mol. The normalized spacial score (nSPS) is 18.2. The lowest BCUT2D eigenvalue weighted by molar-refractivity contribution is 0.0620. The van der Waals surface area contributed by atoms with Crippen molar-refractivity contribution in [1.29, 1.82) is 5.26 Å². The van der Waals surface area contributed by atoms with E-state index in [0.29, 0.717) is 31.8 Å². The third kappa shape index (κ3) is 3.79. The van der Waals surface area contributed by atoms with E-state index in [1.165, 1.54) is 16.7 Å². The van der Waals surface area contributed by atoms with E-state index in [0.717, 1.165) is 18.4 Å². The second-order valence-corrected chi connectivity index (χ2v) is 8.80. The second-order valence-electron chi connectivity index (χ2n) is 8.80. The first-order chi connectivity index (χ1) is 16.4. The van der Waals surface area contributed by atoms with Gasteiger partial charge in [-0.05, 0) is 42.7 Å². The van der Waals surface area contributed by atoms with E-state index < -0.39 is 11.5 Å². The Hall–Kier alpha value is -4.13. The summed E-state index contributed by atoms with van der Waals surface area (Å²) in [6, 6.07) is 11.7. The van der Waals surface area contributed by atoms with Gasteiger partial charge in [0.25, 0.3) is 17.4 Å². The molecule has 0 bridgehead atoms. The van der Waals surface area contributed by atoms with Gasteiger partial charge >= 0.3 is 6.09 Å². The molecule has 5 rings (SSSR count). The minimum atomic E-state index is -0.524. The number of nitrogens with zero attached hydrogens (tertiary/aromatic N) is 4. The number of carbonyl (C=O) groups excluding carboxylic acids is 3. The number of benzene rings is 1. The Morgan fingerprint density at radius 2 is 1.82 bits per heavy atom. The zero-order valence-electron chi connectivity index (χ0n) is 18.5. The Labute approximate surface area is 195 Å². The molecule has 0 radical (unpaired) electrons. The summed E-state index contributed by atoms with van der Waals surface area (Å²) in [7, 11) is 0. The summed E-state index contributed by atoms with van der Waals surface area (Å²) >= 11 is 0. The highest BCUT2D eigenvalue weighted by Gasteiger charge is 2.54. The minimum absolute atomic E-state index is 0.0304. The highest BCUT2D eigenvalue weighted by molar-refractivity contribution is 5.97. The number of hydrogen-bond donors (Lipinski definition) is 1. The molecule has 174 valence electrons. The monoisotopic (exact) mass is 461 g/mol. The molecule has 2 aliphatic heterocycles. The number of cyclic esters (lactones) is 1. The molecule has 3 amide bonds. The second kappa shape index (κ2) is 8.33. The summed E-state index contributed by atoms with van der Waals surface area (Å²) in [5.74, 6) is -0.809. The van der Waals surface area contributed by atoms with Crippen LogP contribution >= 0.6 is 0 Å². The van der Waals surface area contributed by atoms with Crippen LogP contribution in [0.2, 0.25) is 0 Å². The number of hydrogen-bond acceptors (Lipinski definition) is 6. The van der Waals surface area contributed by atoms with Crippen molar-refractivity contribution in [2.45, 2.75) is 31.5 Å². The molecule has 1 saturated heterocycles. The predicted octanol–water partition coefficient (Wildman–Crippen LogP) is 1.09. The van der Waals surface area contributed by atoms with Gasteiger partial charge in [-0.3, -0.25) is 19.3 Å². The van der Waals surface area contributed by atoms with Gasteiger partial charge in [0.05, 0.1) is 23.7 Å². The topological polar surface area (TPSA) is 125 Å². The van der Waals surface area contributed by atoms with E-state index in [9.17, 15) is 19.2 Å². The lowest BCUT2D eigenvalue weighted by Gasteiger charge is -2.35. The van der Waals surface area contributed by atoms with E-state index in [4.69, 9.17) is 10.00 Å². The standard InChI is InChI=1S/C24H23N5O5/c25-13-16-1-3-17(4-2-16)14-26-20(30)18-5-6-19-22(32)27(9-10-28(19)21(18)31)15-24(7-8-24)29-11-12-34-23(29)33/h1-6H,7-12,14-15H2,(H,26,30). The molecule has 1 saturated carbocycles. The number of pyridine rings is 1. The fraction of sp³-hybridized carbons (Fsp3) is 0.375. The van der Waals surface area contributed by atoms with Crippen molar-refractivity contribution < 1.29 is 19.1 Å². The van der Waals surface area contributed by atoms with Crippen LogP contribution < -0.4 is 10.9 Å². The number of aromatic nitrogens is 1. The van der Waals surface area contributed by atoms with Gasteiger partial charge in [-0.2, -0.15) is 5.26 Å². The number of nitrogens with one attached hydrogen (secondary N) is 1. The van der Waals surface area contributed by atoms with Gasteiger partial charge < -0.3 is 19.5 Å². The Morgan fingerprint density at radius 1 is 1.06 bits per heavy atom. The molecule has 1 aliphatic carbocycles. The van der Waals surface area contributed by atoms with Crippen molar-refractivity contribution in [1.82, 2.24) is 19.7 Å². The van der Waals surface area contributed by atoms with Crippen LogP contribution in [0, 0.1) is 11.3 Å². The first kappa shape index (κ1) is 21.7. The third-order valence-electron chi connectivity index (χ3n) is 6.70. The summed E-state index contributed by atoms with van der Waals surface area (Å²) in [4.78, 5) is 54.1. The van der Waals surface area contributed by atoms with Crippen LogP contribution in [-0.4, -0.2) is 64.1 Å². The number of rotatable bonds is 6. The van der Waals surface area contributed by atoms with Crippen molar-refractivity contribution >= 4 is 17.9 Å². The summed E-state index contributed by atoms with van der Waals surface area (Å²) in [6.07, 6.45) is 1.30. The molecule has 3 aliphatic rings. The number of amides is 3. The number of carbonyl (C=O) groups is 3. The fourth-order valence-electron chi connectivity index (χ4n) is 4.61. The van der Waals surface area contributed by atoms with E-state index >= 15 is 0 Å². The van der Waals surface area contributed by atoms with Gasteiger partial charge in [0.2, 0.25) is 0 Å². The molecule has 10 nitrogen and oxygen atoms in total. The van der Waals surface area contributed by atoms with Gasteiger partial charge in [-0.1, -0.05) is 12.1 Å². The average Bonchev–Trinajstić information content (AvgIpc) is 3.49. The molecular formula is C24H23N5O5. The molecule has 1 N–H and O–H groups in total.